The lowest BCUT2D eigenvalue weighted by molar-refractivity contribution is 0.459. The van der Waals surface area contributed by atoms with Crippen molar-refractivity contribution >= 4 is 21.2 Å². The lowest BCUT2D eigenvalue weighted by Crippen LogP contribution is -2.03. The van der Waals surface area contributed by atoms with E-state index in [1.54, 1.807) is 0 Å². The molecule has 0 aromatic heterocycles. The molecule has 0 aliphatic carbocycles. The smallest absolute Gasteiger partial charge is 0.210 e. The monoisotopic (exact) mass is 264 g/mol. The van der Waals surface area contributed by atoms with Gasteiger partial charge in [0.15, 0.2) is 0 Å². The topological polar surface area (TPSA) is 106 Å². The third-order valence-corrected chi connectivity index (χ3v) is 4.28. The van der Waals surface area contributed by atoms with Crippen LogP contribution in [0.1, 0.15) is 0 Å². The molecule has 18 heavy (non-hydrogen) atoms. The first-order valence-corrected chi connectivity index (χ1v) is 6.59. The van der Waals surface area contributed by atoms with Gasteiger partial charge in [-0.3, -0.25) is 0 Å². The van der Waals surface area contributed by atoms with Crippen molar-refractivity contribution in [3.63, 3.8) is 0 Å². The van der Waals surface area contributed by atoms with Gasteiger partial charge in [-0.15, -0.1) is 0 Å². The summed E-state index contributed by atoms with van der Waals surface area (Å²) in [5, 5.41) is 9.66. The Morgan fingerprint density at radius 3 is 2.00 bits per heavy atom. The summed E-state index contributed by atoms with van der Waals surface area (Å²) in [5.41, 5.74) is 11.7. The molecule has 0 bridgehead atoms. The van der Waals surface area contributed by atoms with Gasteiger partial charge in [-0.25, -0.2) is 8.42 Å². The van der Waals surface area contributed by atoms with Gasteiger partial charge in [0.2, 0.25) is 9.84 Å². The fraction of sp³-hybridized carbons (Fsp3) is 0. The van der Waals surface area contributed by atoms with E-state index in [9.17, 15) is 13.5 Å². The number of nitrogen functional groups attached to an aromatic ring is 2. The number of rotatable bonds is 2. The van der Waals surface area contributed by atoms with Crippen LogP contribution >= 0.6 is 0 Å². The molecule has 0 saturated carbocycles. The predicted octanol–water partition coefficient (Wildman–Crippen LogP) is 1.39. The van der Waals surface area contributed by atoms with Crippen LogP contribution in [0, 0.1) is 0 Å². The van der Waals surface area contributed by atoms with Gasteiger partial charge in [0.1, 0.15) is 10.6 Å². The molecule has 0 heterocycles. The second-order valence-corrected chi connectivity index (χ2v) is 5.72. The summed E-state index contributed by atoms with van der Waals surface area (Å²) in [6.07, 6.45) is 0. The minimum Gasteiger partial charge on any atom is -0.506 e. The summed E-state index contributed by atoms with van der Waals surface area (Å²) in [6, 6.07) is 9.65. The van der Waals surface area contributed by atoms with Crippen LogP contribution in [0.4, 0.5) is 11.4 Å². The van der Waals surface area contributed by atoms with Crippen LogP contribution in [0.5, 0.6) is 5.75 Å². The van der Waals surface area contributed by atoms with E-state index < -0.39 is 9.84 Å². The predicted molar refractivity (Wildman–Crippen MR) is 68.8 cm³/mol. The first kappa shape index (κ1) is 12.3. The third-order valence-electron chi connectivity index (χ3n) is 2.46. The molecular weight excluding hydrogens is 252 g/mol. The first-order chi connectivity index (χ1) is 8.41. The summed E-state index contributed by atoms with van der Waals surface area (Å²) in [5.74, 6) is -0.369. The molecule has 5 N–H and O–H groups in total. The molecule has 6 heteroatoms. The van der Waals surface area contributed by atoms with Gasteiger partial charge in [-0.1, -0.05) is 0 Å². The number of anilines is 2. The Morgan fingerprint density at radius 2 is 1.44 bits per heavy atom. The molecule has 0 atom stereocenters. The number of aromatic hydroxyl groups is 1. The van der Waals surface area contributed by atoms with Crippen molar-refractivity contribution in [2.75, 3.05) is 11.5 Å². The van der Waals surface area contributed by atoms with Crippen LogP contribution < -0.4 is 11.5 Å². The molecule has 0 spiro atoms. The van der Waals surface area contributed by atoms with Gasteiger partial charge in [-0.2, -0.15) is 0 Å². The van der Waals surface area contributed by atoms with Crippen molar-refractivity contribution in [3.8, 4) is 5.75 Å². The van der Waals surface area contributed by atoms with Gasteiger partial charge >= 0.3 is 0 Å². The average Bonchev–Trinajstić information content (AvgIpc) is 2.29. The molecule has 0 amide bonds. The molecule has 94 valence electrons. The highest BCUT2D eigenvalue weighted by atomic mass is 32.2. The minimum atomic E-state index is -3.76. The summed E-state index contributed by atoms with van der Waals surface area (Å²) >= 11 is 0. The number of phenolic OH excluding ortho intramolecular Hbond substituents is 1. The SMILES string of the molecule is Nc1ccc(S(=O)(=O)c2ccc(N)cc2O)cc1. The zero-order valence-corrected chi connectivity index (χ0v) is 10.2. The quantitative estimate of drug-likeness (QED) is 0.710. The van der Waals surface area contributed by atoms with Crippen molar-refractivity contribution in [1.82, 2.24) is 0 Å². The molecule has 2 rings (SSSR count). The number of benzene rings is 2. The van der Waals surface area contributed by atoms with E-state index in [2.05, 4.69) is 0 Å². The van der Waals surface area contributed by atoms with E-state index in [4.69, 9.17) is 11.5 Å². The maximum Gasteiger partial charge on any atom is 0.210 e. The third kappa shape index (κ3) is 2.10. The number of sulfone groups is 1. The highest BCUT2D eigenvalue weighted by molar-refractivity contribution is 7.91. The van der Waals surface area contributed by atoms with Gasteiger partial charge in [0.05, 0.1) is 4.90 Å². The zero-order chi connectivity index (χ0) is 13.3. The molecule has 2 aromatic carbocycles. The highest BCUT2D eigenvalue weighted by Gasteiger charge is 2.21. The molecule has 0 radical (unpaired) electrons. The largest absolute Gasteiger partial charge is 0.506 e. The maximum atomic E-state index is 12.2. The van der Waals surface area contributed by atoms with Crippen LogP contribution in [-0.2, 0) is 9.84 Å². The van der Waals surface area contributed by atoms with Crippen molar-refractivity contribution in [3.05, 3.63) is 42.5 Å². The minimum absolute atomic E-state index is 0.0665. The molecule has 2 aromatic rings. The average molecular weight is 264 g/mol. The second-order valence-electron chi connectivity index (χ2n) is 3.80. The van der Waals surface area contributed by atoms with Crippen molar-refractivity contribution < 1.29 is 13.5 Å². The molecule has 0 saturated heterocycles. The van der Waals surface area contributed by atoms with Crippen molar-refractivity contribution in [2.24, 2.45) is 0 Å². The van der Waals surface area contributed by atoms with E-state index in [0.717, 1.165) is 0 Å². The van der Waals surface area contributed by atoms with E-state index in [1.165, 1.54) is 42.5 Å². The van der Waals surface area contributed by atoms with Gasteiger partial charge in [0, 0.05) is 17.4 Å². The molecular formula is C12H12N2O3S. The van der Waals surface area contributed by atoms with Crippen LogP contribution in [-0.4, -0.2) is 13.5 Å². The van der Waals surface area contributed by atoms with Crippen LogP contribution in [0.2, 0.25) is 0 Å². The van der Waals surface area contributed by atoms with Crippen LogP contribution in [0.25, 0.3) is 0 Å². The number of phenols is 1. The normalized spacial score (nSPS) is 11.3. The van der Waals surface area contributed by atoms with E-state index >= 15 is 0 Å². The first-order valence-electron chi connectivity index (χ1n) is 5.10. The molecule has 5 nitrogen and oxygen atoms in total. The van der Waals surface area contributed by atoms with E-state index in [-0.39, 0.29) is 15.5 Å². The second kappa shape index (κ2) is 4.23. The Bertz CT molecular complexity index is 679. The van der Waals surface area contributed by atoms with E-state index in [0.29, 0.717) is 11.4 Å². The number of hydrogen-bond acceptors (Lipinski definition) is 5. The Hall–Kier alpha value is -2.21. The number of hydrogen-bond donors (Lipinski definition) is 3. The van der Waals surface area contributed by atoms with E-state index in [1.807, 2.05) is 0 Å². The highest BCUT2D eigenvalue weighted by Crippen LogP contribution is 2.30. The Labute approximate surface area is 105 Å². The lowest BCUT2D eigenvalue weighted by Gasteiger charge is -2.07. The Morgan fingerprint density at radius 1 is 0.889 bits per heavy atom. The number of nitrogens with two attached hydrogens (primary N) is 2. The molecule has 0 fully saturated rings. The fourth-order valence-electron chi connectivity index (χ4n) is 1.54. The standard InChI is InChI=1S/C12H12N2O3S/c13-8-1-4-10(5-2-8)18(16,17)12-6-3-9(14)7-11(12)15/h1-7,15H,13-14H2. The van der Waals surface area contributed by atoms with Crippen LogP contribution in [0.15, 0.2) is 52.3 Å². The molecule has 0 aliphatic heterocycles. The Kier molecular flexibility index (Phi) is 2.88. The molecule has 0 aliphatic rings. The Balaban J connectivity index is 2.58. The van der Waals surface area contributed by atoms with Gasteiger partial charge in [0.25, 0.3) is 0 Å². The summed E-state index contributed by atoms with van der Waals surface area (Å²) < 4.78 is 24.5. The summed E-state index contributed by atoms with van der Waals surface area (Å²) in [7, 11) is -3.76. The van der Waals surface area contributed by atoms with Crippen molar-refractivity contribution in [2.45, 2.75) is 9.79 Å². The zero-order valence-electron chi connectivity index (χ0n) is 9.37. The maximum absolute atomic E-state index is 12.2. The molecule has 0 unspecified atom stereocenters. The summed E-state index contributed by atoms with van der Waals surface area (Å²) in [6.45, 7) is 0. The summed E-state index contributed by atoms with van der Waals surface area (Å²) in [4.78, 5) is -0.113. The van der Waals surface area contributed by atoms with Gasteiger partial charge in [-0.05, 0) is 36.4 Å². The lowest BCUT2D eigenvalue weighted by atomic mass is 10.3. The van der Waals surface area contributed by atoms with Crippen LogP contribution in [0.3, 0.4) is 0 Å². The van der Waals surface area contributed by atoms with Gasteiger partial charge < -0.3 is 16.6 Å². The van der Waals surface area contributed by atoms with Crippen molar-refractivity contribution in [1.29, 1.82) is 0 Å². The fourth-order valence-corrected chi connectivity index (χ4v) is 2.87.